The van der Waals surface area contributed by atoms with Crippen LogP contribution >= 0.6 is 27.3 Å². The lowest BCUT2D eigenvalue weighted by Gasteiger charge is -2.31. The predicted molar refractivity (Wildman–Crippen MR) is 84.6 cm³/mol. The summed E-state index contributed by atoms with van der Waals surface area (Å²) >= 11 is 5.49. The van der Waals surface area contributed by atoms with E-state index >= 15 is 0 Å². The van der Waals surface area contributed by atoms with E-state index in [9.17, 15) is 0 Å². The summed E-state index contributed by atoms with van der Waals surface area (Å²) in [6, 6.07) is 3.28. The first kappa shape index (κ1) is 14.0. The number of hydrogen-bond acceptors (Lipinski definition) is 4. The maximum absolute atomic E-state index is 6.08. The molecule has 2 unspecified atom stereocenters. The van der Waals surface area contributed by atoms with Crippen LogP contribution in [-0.4, -0.2) is 48.6 Å². The third-order valence-electron chi connectivity index (χ3n) is 4.45. The second-order valence-corrected chi connectivity index (χ2v) is 7.37. The van der Waals surface area contributed by atoms with E-state index in [0.717, 1.165) is 6.04 Å². The number of fused-ring (bicyclic) bond motifs is 1. The van der Waals surface area contributed by atoms with Gasteiger partial charge in [-0.2, -0.15) is 0 Å². The van der Waals surface area contributed by atoms with Crippen LogP contribution in [0.5, 0.6) is 0 Å². The first-order valence-electron chi connectivity index (χ1n) is 7.20. The number of nitrogens with two attached hydrogens (primary N) is 1. The molecule has 5 heteroatoms. The van der Waals surface area contributed by atoms with Gasteiger partial charge in [0.2, 0.25) is 0 Å². The topological polar surface area (TPSA) is 32.5 Å². The van der Waals surface area contributed by atoms with Gasteiger partial charge in [-0.1, -0.05) is 0 Å². The van der Waals surface area contributed by atoms with Crippen molar-refractivity contribution in [3.8, 4) is 0 Å². The summed E-state index contributed by atoms with van der Waals surface area (Å²) in [7, 11) is 0. The van der Waals surface area contributed by atoms with Gasteiger partial charge in [0.15, 0.2) is 0 Å². The lowest BCUT2D eigenvalue weighted by molar-refractivity contribution is 0.178. The molecule has 0 bridgehead atoms. The normalized spacial score (nSPS) is 27.2. The van der Waals surface area contributed by atoms with Crippen LogP contribution in [0.1, 0.15) is 30.2 Å². The first-order valence-corrected chi connectivity index (χ1v) is 8.88. The Bertz CT molecular complexity index is 423. The molecule has 106 valence electrons. The van der Waals surface area contributed by atoms with Crippen LogP contribution in [0.25, 0.3) is 0 Å². The summed E-state index contributed by atoms with van der Waals surface area (Å²) in [6.07, 6.45) is 4.00. The molecule has 2 aliphatic rings. The highest BCUT2D eigenvalue weighted by Crippen LogP contribution is 2.34. The SMILES string of the molecule is NCC(c1sccc1Br)N1CCCN2CCCC2C1. The van der Waals surface area contributed by atoms with Gasteiger partial charge >= 0.3 is 0 Å². The van der Waals surface area contributed by atoms with Gasteiger partial charge in [-0.25, -0.2) is 0 Å². The third-order valence-corrected chi connectivity index (χ3v) is 6.42. The summed E-state index contributed by atoms with van der Waals surface area (Å²) in [5, 5.41) is 2.15. The van der Waals surface area contributed by atoms with E-state index in [1.807, 2.05) is 11.3 Å². The average Bonchev–Trinajstić information content (AvgIpc) is 2.97. The number of thiophene rings is 1. The molecule has 0 aromatic carbocycles. The molecule has 2 aliphatic heterocycles. The molecule has 2 atom stereocenters. The Morgan fingerprint density at radius 2 is 2.21 bits per heavy atom. The zero-order chi connectivity index (χ0) is 13.2. The molecule has 2 N–H and O–H groups in total. The zero-order valence-electron chi connectivity index (χ0n) is 11.2. The first-order chi connectivity index (χ1) is 9.29. The number of rotatable bonds is 3. The Morgan fingerprint density at radius 3 is 2.95 bits per heavy atom. The minimum atomic E-state index is 0.384. The van der Waals surface area contributed by atoms with Crippen molar-refractivity contribution in [1.82, 2.24) is 9.80 Å². The van der Waals surface area contributed by atoms with Crippen LogP contribution in [0, 0.1) is 0 Å². The maximum atomic E-state index is 6.08. The van der Waals surface area contributed by atoms with E-state index < -0.39 is 0 Å². The Morgan fingerprint density at radius 1 is 1.37 bits per heavy atom. The largest absolute Gasteiger partial charge is 0.329 e. The molecule has 0 radical (unpaired) electrons. The van der Waals surface area contributed by atoms with Crippen molar-refractivity contribution in [3.63, 3.8) is 0 Å². The van der Waals surface area contributed by atoms with E-state index in [4.69, 9.17) is 5.73 Å². The van der Waals surface area contributed by atoms with Gasteiger partial charge < -0.3 is 5.73 Å². The van der Waals surface area contributed by atoms with Gasteiger partial charge in [-0.3, -0.25) is 9.80 Å². The molecular weight excluding hydrogens is 322 g/mol. The van der Waals surface area contributed by atoms with Gasteiger partial charge in [-0.15, -0.1) is 11.3 Å². The number of halogens is 1. The van der Waals surface area contributed by atoms with Gasteiger partial charge in [0.1, 0.15) is 0 Å². The fourth-order valence-corrected chi connectivity index (χ4v) is 5.27. The van der Waals surface area contributed by atoms with Crippen molar-refractivity contribution >= 4 is 27.3 Å². The summed E-state index contributed by atoms with van der Waals surface area (Å²) in [5.74, 6) is 0. The molecule has 19 heavy (non-hydrogen) atoms. The molecule has 1 aromatic heterocycles. The molecule has 1 aromatic rings. The lowest BCUT2D eigenvalue weighted by Crippen LogP contribution is -2.40. The fraction of sp³-hybridized carbons (Fsp3) is 0.714. The summed E-state index contributed by atoms with van der Waals surface area (Å²) < 4.78 is 1.22. The van der Waals surface area contributed by atoms with Crippen LogP contribution in [0.3, 0.4) is 0 Å². The van der Waals surface area contributed by atoms with Crippen molar-refractivity contribution in [2.24, 2.45) is 5.73 Å². The van der Waals surface area contributed by atoms with E-state index in [-0.39, 0.29) is 0 Å². The second kappa shape index (κ2) is 6.22. The van der Waals surface area contributed by atoms with Crippen molar-refractivity contribution < 1.29 is 0 Å². The van der Waals surface area contributed by atoms with Crippen LogP contribution in [0.2, 0.25) is 0 Å². The highest BCUT2D eigenvalue weighted by Gasteiger charge is 2.32. The van der Waals surface area contributed by atoms with Gasteiger partial charge in [0.05, 0.1) is 6.04 Å². The molecule has 0 spiro atoms. The van der Waals surface area contributed by atoms with Gasteiger partial charge in [-0.05, 0) is 59.7 Å². The molecule has 3 rings (SSSR count). The Kier molecular flexibility index (Phi) is 4.59. The van der Waals surface area contributed by atoms with Crippen LogP contribution in [0.4, 0.5) is 0 Å². The molecule has 2 fully saturated rings. The smallest absolute Gasteiger partial charge is 0.0576 e. The van der Waals surface area contributed by atoms with Crippen molar-refractivity contribution in [2.45, 2.75) is 31.3 Å². The van der Waals surface area contributed by atoms with Crippen LogP contribution in [-0.2, 0) is 0 Å². The predicted octanol–water partition coefficient (Wildman–Crippen LogP) is 2.68. The summed E-state index contributed by atoms with van der Waals surface area (Å²) in [4.78, 5) is 6.69. The molecule has 0 amide bonds. The molecule has 2 saturated heterocycles. The Labute approximate surface area is 127 Å². The van der Waals surface area contributed by atoms with Gasteiger partial charge in [0, 0.05) is 35.0 Å². The van der Waals surface area contributed by atoms with E-state index in [0.29, 0.717) is 12.6 Å². The van der Waals surface area contributed by atoms with E-state index in [1.165, 1.54) is 54.8 Å². The standard InChI is InChI=1S/C14H22BrN3S/c15-12-4-8-19-14(12)13(9-16)18-7-2-6-17-5-1-3-11(17)10-18/h4,8,11,13H,1-3,5-7,9-10,16H2. The fourth-order valence-electron chi connectivity index (χ4n) is 3.48. The molecular formula is C14H22BrN3S. The zero-order valence-corrected chi connectivity index (χ0v) is 13.6. The second-order valence-electron chi connectivity index (χ2n) is 5.56. The molecule has 0 saturated carbocycles. The van der Waals surface area contributed by atoms with Crippen molar-refractivity contribution in [2.75, 3.05) is 32.7 Å². The quantitative estimate of drug-likeness (QED) is 0.915. The van der Waals surface area contributed by atoms with Crippen molar-refractivity contribution in [3.05, 3.63) is 20.8 Å². The maximum Gasteiger partial charge on any atom is 0.0576 e. The monoisotopic (exact) mass is 343 g/mol. The summed E-state index contributed by atoms with van der Waals surface area (Å²) in [6.45, 7) is 5.65. The molecule has 3 nitrogen and oxygen atoms in total. The minimum absolute atomic E-state index is 0.384. The minimum Gasteiger partial charge on any atom is -0.329 e. The third kappa shape index (κ3) is 2.90. The van der Waals surface area contributed by atoms with E-state index in [1.54, 1.807) is 0 Å². The molecule has 0 aliphatic carbocycles. The summed E-state index contributed by atoms with van der Waals surface area (Å²) in [5.41, 5.74) is 6.08. The van der Waals surface area contributed by atoms with E-state index in [2.05, 4.69) is 37.2 Å². The van der Waals surface area contributed by atoms with Crippen LogP contribution in [0.15, 0.2) is 15.9 Å². The van der Waals surface area contributed by atoms with Gasteiger partial charge in [0.25, 0.3) is 0 Å². The highest BCUT2D eigenvalue weighted by molar-refractivity contribution is 9.10. The Hall–Kier alpha value is 0.0600. The number of hydrogen-bond donors (Lipinski definition) is 1. The van der Waals surface area contributed by atoms with Crippen LogP contribution < -0.4 is 5.73 Å². The highest BCUT2D eigenvalue weighted by atomic mass is 79.9. The average molecular weight is 344 g/mol. The lowest BCUT2D eigenvalue weighted by atomic mass is 10.1. The molecule has 3 heterocycles. The Balaban J connectivity index is 1.77. The number of nitrogens with zero attached hydrogens (tertiary/aromatic N) is 2. The van der Waals surface area contributed by atoms with Crippen molar-refractivity contribution in [1.29, 1.82) is 0 Å².